The van der Waals surface area contributed by atoms with E-state index in [0.29, 0.717) is 0 Å². The number of rotatable bonds is 4. The molecule has 1 atom stereocenters. The predicted molar refractivity (Wildman–Crippen MR) is 63.1 cm³/mol. The van der Waals surface area contributed by atoms with E-state index in [9.17, 15) is 0 Å². The van der Waals surface area contributed by atoms with Gasteiger partial charge in [-0.15, -0.1) is 0 Å². The molecule has 1 fully saturated rings. The molecule has 0 aliphatic carbocycles. The maximum atomic E-state index is 5.73. The van der Waals surface area contributed by atoms with Crippen LogP contribution in [0, 0.1) is 0 Å². The number of nitrogens with two attached hydrogens (primary N) is 1. The smallest absolute Gasteiger partial charge is 0.195 e. The molecule has 1 aromatic rings. The fraction of sp³-hybridized carbons (Fsp3) is 0.750. The zero-order valence-corrected chi connectivity index (χ0v) is 9.98. The molecule has 1 aliphatic rings. The summed E-state index contributed by atoms with van der Waals surface area (Å²) < 4.78 is 5.40. The van der Waals surface area contributed by atoms with E-state index in [1.165, 1.54) is 32.4 Å². The Kier molecular flexibility index (Phi) is 3.96. The van der Waals surface area contributed by atoms with E-state index in [1.807, 2.05) is 6.92 Å². The van der Waals surface area contributed by atoms with Crippen molar-refractivity contribution in [3.63, 3.8) is 0 Å². The summed E-state index contributed by atoms with van der Waals surface area (Å²) >= 11 is 0. The fourth-order valence-electron chi connectivity index (χ4n) is 2.09. The first-order valence-corrected chi connectivity index (χ1v) is 6.18. The van der Waals surface area contributed by atoms with E-state index in [2.05, 4.69) is 9.88 Å². The summed E-state index contributed by atoms with van der Waals surface area (Å²) in [6.07, 6.45) is 6.61. The average Bonchev–Trinajstić information content (AvgIpc) is 2.76. The van der Waals surface area contributed by atoms with Gasteiger partial charge in [-0.05, 0) is 32.9 Å². The Bertz CT molecular complexity index is 316. The highest BCUT2D eigenvalue weighted by molar-refractivity contribution is 5.01. The van der Waals surface area contributed by atoms with Gasteiger partial charge in [0, 0.05) is 19.0 Å². The van der Waals surface area contributed by atoms with Crippen molar-refractivity contribution in [3.8, 4) is 0 Å². The standard InChI is InChI=1S/C12H21N3O/c1-10(13)11-9-16-12(14-11)5-8-15-6-3-2-4-7-15/h9-10H,2-8,13H2,1H3. The van der Waals surface area contributed by atoms with Gasteiger partial charge in [0.2, 0.25) is 0 Å². The topological polar surface area (TPSA) is 55.3 Å². The van der Waals surface area contributed by atoms with E-state index in [4.69, 9.17) is 10.2 Å². The summed E-state index contributed by atoms with van der Waals surface area (Å²) in [5.41, 5.74) is 6.59. The van der Waals surface area contributed by atoms with E-state index in [0.717, 1.165) is 24.6 Å². The third-order valence-corrected chi connectivity index (χ3v) is 3.13. The van der Waals surface area contributed by atoms with Crippen molar-refractivity contribution in [2.75, 3.05) is 19.6 Å². The molecule has 2 heterocycles. The van der Waals surface area contributed by atoms with Crippen molar-refractivity contribution < 1.29 is 4.42 Å². The Labute approximate surface area is 96.8 Å². The van der Waals surface area contributed by atoms with Gasteiger partial charge in [0.1, 0.15) is 6.26 Å². The van der Waals surface area contributed by atoms with E-state index >= 15 is 0 Å². The van der Waals surface area contributed by atoms with E-state index < -0.39 is 0 Å². The van der Waals surface area contributed by atoms with Crippen LogP contribution in [0.3, 0.4) is 0 Å². The molecule has 1 aliphatic heterocycles. The molecule has 1 aromatic heterocycles. The number of aromatic nitrogens is 1. The molecule has 1 unspecified atom stereocenters. The van der Waals surface area contributed by atoms with Crippen LogP contribution in [-0.2, 0) is 6.42 Å². The number of hydrogen-bond acceptors (Lipinski definition) is 4. The van der Waals surface area contributed by atoms with Crippen molar-refractivity contribution in [2.24, 2.45) is 5.73 Å². The molecular formula is C12H21N3O. The lowest BCUT2D eigenvalue weighted by atomic mass is 10.1. The molecule has 0 saturated carbocycles. The maximum Gasteiger partial charge on any atom is 0.195 e. The van der Waals surface area contributed by atoms with Gasteiger partial charge in [0.25, 0.3) is 0 Å². The second kappa shape index (κ2) is 5.46. The summed E-state index contributed by atoms with van der Waals surface area (Å²) in [5, 5.41) is 0. The number of hydrogen-bond donors (Lipinski definition) is 1. The van der Waals surface area contributed by atoms with Gasteiger partial charge < -0.3 is 15.1 Å². The average molecular weight is 223 g/mol. The Balaban J connectivity index is 1.79. The van der Waals surface area contributed by atoms with Gasteiger partial charge in [-0.25, -0.2) is 4.98 Å². The van der Waals surface area contributed by atoms with Crippen molar-refractivity contribution in [2.45, 2.75) is 38.6 Å². The maximum absolute atomic E-state index is 5.73. The molecule has 90 valence electrons. The van der Waals surface area contributed by atoms with Crippen LogP contribution < -0.4 is 5.73 Å². The first kappa shape index (κ1) is 11.6. The van der Waals surface area contributed by atoms with Crippen LogP contribution in [0.1, 0.15) is 43.8 Å². The first-order valence-electron chi connectivity index (χ1n) is 6.18. The van der Waals surface area contributed by atoms with Gasteiger partial charge in [0.05, 0.1) is 5.69 Å². The van der Waals surface area contributed by atoms with Crippen molar-refractivity contribution in [1.29, 1.82) is 0 Å². The molecule has 4 nitrogen and oxygen atoms in total. The Morgan fingerprint density at radius 2 is 2.19 bits per heavy atom. The van der Waals surface area contributed by atoms with Crippen LogP contribution in [-0.4, -0.2) is 29.5 Å². The largest absolute Gasteiger partial charge is 0.449 e. The first-order chi connectivity index (χ1) is 7.75. The second-order valence-electron chi connectivity index (χ2n) is 4.61. The molecule has 16 heavy (non-hydrogen) atoms. The minimum atomic E-state index is -0.0347. The Morgan fingerprint density at radius 1 is 1.44 bits per heavy atom. The number of nitrogens with zero attached hydrogens (tertiary/aromatic N) is 2. The highest BCUT2D eigenvalue weighted by Crippen LogP contribution is 2.12. The van der Waals surface area contributed by atoms with Crippen molar-refractivity contribution in [1.82, 2.24) is 9.88 Å². The van der Waals surface area contributed by atoms with Gasteiger partial charge in [0.15, 0.2) is 5.89 Å². The van der Waals surface area contributed by atoms with Crippen LogP contribution >= 0.6 is 0 Å². The van der Waals surface area contributed by atoms with Gasteiger partial charge in [-0.3, -0.25) is 0 Å². The fourth-order valence-corrected chi connectivity index (χ4v) is 2.09. The molecule has 0 spiro atoms. The summed E-state index contributed by atoms with van der Waals surface area (Å²) in [7, 11) is 0. The van der Waals surface area contributed by atoms with Crippen LogP contribution in [0.4, 0.5) is 0 Å². The van der Waals surface area contributed by atoms with Crippen LogP contribution in [0.25, 0.3) is 0 Å². The molecule has 0 amide bonds. The SMILES string of the molecule is CC(N)c1coc(CCN2CCCCC2)n1. The van der Waals surface area contributed by atoms with E-state index in [1.54, 1.807) is 6.26 Å². The third kappa shape index (κ3) is 3.06. The van der Waals surface area contributed by atoms with Crippen LogP contribution in [0.15, 0.2) is 10.7 Å². The summed E-state index contributed by atoms with van der Waals surface area (Å²) in [6.45, 7) is 5.42. The van der Waals surface area contributed by atoms with Gasteiger partial charge in [-0.2, -0.15) is 0 Å². The summed E-state index contributed by atoms with van der Waals surface area (Å²) in [5.74, 6) is 0.817. The zero-order chi connectivity index (χ0) is 11.4. The van der Waals surface area contributed by atoms with Gasteiger partial charge >= 0.3 is 0 Å². The summed E-state index contributed by atoms with van der Waals surface area (Å²) in [4.78, 5) is 6.86. The molecule has 1 saturated heterocycles. The normalized spacial score (nSPS) is 19.9. The second-order valence-corrected chi connectivity index (χ2v) is 4.61. The lowest BCUT2D eigenvalue weighted by molar-refractivity contribution is 0.226. The lowest BCUT2D eigenvalue weighted by Gasteiger charge is -2.25. The number of oxazole rings is 1. The zero-order valence-electron chi connectivity index (χ0n) is 9.98. The molecule has 0 radical (unpaired) electrons. The van der Waals surface area contributed by atoms with E-state index in [-0.39, 0.29) is 6.04 Å². The summed E-state index contributed by atoms with van der Waals surface area (Å²) in [6, 6.07) is -0.0347. The minimum absolute atomic E-state index is 0.0347. The monoisotopic (exact) mass is 223 g/mol. The molecule has 0 bridgehead atoms. The number of piperidine rings is 1. The molecule has 2 N–H and O–H groups in total. The predicted octanol–water partition coefficient (Wildman–Crippen LogP) is 1.72. The number of likely N-dealkylation sites (tertiary alicyclic amines) is 1. The van der Waals surface area contributed by atoms with Crippen LogP contribution in [0.5, 0.6) is 0 Å². The Morgan fingerprint density at radius 3 is 2.81 bits per heavy atom. The third-order valence-electron chi connectivity index (χ3n) is 3.13. The molecule has 0 aromatic carbocycles. The van der Waals surface area contributed by atoms with Crippen molar-refractivity contribution in [3.05, 3.63) is 17.8 Å². The Hall–Kier alpha value is -0.870. The molecular weight excluding hydrogens is 202 g/mol. The lowest BCUT2D eigenvalue weighted by Crippen LogP contribution is -2.31. The highest BCUT2D eigenvalue weighted by atomic mass is 16.3. The molecule has 2 rings (SSSR count). The van der Waals surface area contributed by atoms with Gasteiger partial charge in [-0.1, -0.05) is 6.42 Å². The highest BCUT2D eigenvalue weighted by Gasteiger charge is 2.12. The van der Waals surface area contributed by atoms with Crippen molar-refractivity contribution >= 4 is 0 Å². The molecule has 4 heteroatoms. The quantitative estimate of drug-likeness (QED) is 0.844. The minimum Gasteiger partial charge on any atom is -0.449 e. The van der Waals surface area contributed by atoms with Crippen LogP contribution in [0.2, 0.25) is 0 Å².